The Labute approximate surface area is 196 Å². The Balaban J connectivity index is 1.25. The molecule has 4 nitrogen and oxygen atoms in total. The van der Waals surface area contributed by atoms with E-state index in [0.29, 0.717) is 5.56 Å². The third-order valence-corrected chi connectivity index (χ3v) is 6.76. The molecule has 1 atom stereocenters. The molecule has 3 aromatic carbocycles. The molecule has 1 amide bonds. The van der Waals surface area contributed by atoms with Gasteiger partial charge in [0, 0.05) is 37.2 Å². The molecule has 0 saturated heterocycles. The summed E-state index contributed by atoms with van der Waals surface area (Å²) in [6.45, 7) is 9.16. The molecule has 0 saturated carbocycles. The second-order valence-corrected chi connectivity index (χ2v) is 10.1. The van der Waals surface area contributed by atoms with E-state index in [1.54, 1.807) is 0 Å². The molecule has 0 bridgehead atoms. The first-order valence-electron chi connectivity index (χ1n) is 11.8. The van der Waals surface area contributed by atoms with Crippen LogP contribution in [0.5, 0.6) is 5.75 Å². The summed E-state index contributed by atoms with van der Waals surface area (Å²) >= 11 is 0. The smallest absolute Gasteiger partial charge is 0.251 e. The van der Waals surface area contributed by atoms with Crippen LogP contribution in [0.4, 0.5) is 0 Å². The van der Waals surface area contributed by atoms with Gasteiger partial charge in [-0.1, -0.05) is 48.5 Å². The SMILES string of the molecule is Cc1ccc2c(c1)OC(C)(C)C[C@@H]2NC(=O)c1ccc(CN2CCc3ccccc3C2)cc1. The third kappa shape index (κ3) is 4.81. The molecule has 2 aliphatic rings. The summed E-state index contributed by atoms with van der Waals surface area (Å²) in [6.07, 6.45) is 1.84. The van der Waals surface area contributed by atoms with Crippen molar-refractivity contribution >= 4 is 5.91 Å². The maximum absolute atomic E-state index is 13.1. The van der Waals surface area contributed by atoms with E-state index in [2.05, 4.69) is 85.6 Å². The predicted octanol–water partition coefficient (Wildman–Crippen LogP) is 5.59. The van der Waals surface area contributed by atoms with E-state index in [1.807, 2.05) is 12.1 Å². The van der Waals surface area contributed by atoms with E-state index in [4.69, 9.17) is 4.74 Å². The van der Waals surface area contributed by atoms with Gasteiger partial charge in [0.1, 0.15) is 11.4 Å². The third-order valence-electron chi connectivity index (χ3n) is 6.76. The molecule has 0 unspecified atom stereocenters. The second kappa shape index (κ2) is 8.68. The summed E-state index contributed by atoms with van der Waals surface area (Å²) in [5, 5.41) is 3.25. The summed E-state index contributed by atoms with van der Waals surface area (Å²) in [7, 11) is 0. The van der Waals surface area contributed by atoms with E-state index < -0.39 is 0 Å². The van der Waals surface area contributed by atoms with Crippen molar-refractivity contribution in [3.8, 4) is 5.75 Å². The summed E-state index contributed by atoms with van der Waals surface area (Å²) in [5.74, 6) is 0.831. The van der Waals surface area contributed by atoms with Gasteiger partial charge in [0.25, 0.3) is 5.91 Å². The number of nitrogens with zero attached hydrogens (tertiary/aromatic N) is 1. The van der Waals surface area contributed by atoms with Crippen molar-refractivity contribution in [2.24, 2.45) is 0 Å². The topological polar surface area (TPSA) is 41.6 Å². The molecule has 2 heterocycles. The van der Waals surface area contributed by atoms with Gasteiger partial charge in [-0.25, -0.2) is 0 Å². The number of hydrogen-bond donors (Lipinski definition) is 1. The van der Waals surface area contributed by atoms with Crippen LogP contribution < -0.4 is 10.1 Å². The molecule has 1 N–H and O–H groups in total. The lowest BCUT2D eigenvalue weighted by atomic mass is 9.89. The summed E-state index contributed by atoms with van der Waals surface area (Å²) in [5.41, 5.74) is 6.71. The molecule has 0 fully saturated rings. The summed E-state index contributed by atoms with van der Waals surface area (Å²) < 4.78 is 6.17. The number of carbonyl (C=O) groups excluding carboxylic acids is 1. The molecule has 4 heteroatoms. The molecule has 170 valence electrons. The fraction of sp³-hybridized carbons (Fsp3) is 0.345. The lowest BCUT2D eigenvalue weighted by Gasteiger charge is -2.38. The van der Waals surface area contributed by atoms with Crippen molar-refractivity contribution in [2.45, 2.75) is 58.3 Å². The standard InChI is InChI=1S/C29H32N2O2/c1-20-8-13-25-26(17-29(2,3)33-27(25)16-20)30-28(32)23-11-9-21(10-12-23)18-31-15-14-22-6-4-5-7-24(22)19-31/h4-13,16,26H,14-15,17-19H2,1-3H3,(H,30,32)/t26-/m0/s1. The van der Waals surface area contributed by atoms with Crippen molar-refractivity contribution < 1.29 is 9.53 Å². The van der Waals surface area contributed by atoms with Gasteiger partial charge >= 0.3 is 0 Å². The van der Waals surface area contributed by atoms with Crippen LogP contribution in [0.25, 0.3) is 0 Å². The molecule has 0 aromatic heterocycles. The zero-order valence-electron chi connectivity index (χ0n) is 19.7. The number of ether oxygens (including phenoxy) is 1. The fourth-order valence-corrected chi connectivity index (χ4v) is 5.04. The quantitative estimate of drug-likeness (QED) is 0.575. The minimum atomic E-state index is -0.324. The van der Waals surface area contributed by atoms with Gasteiger partial charge in [-0.15, -0.1) is 0 Å². The highest BCUT2D eigenvalue weighted by Crippen LogP contribution is 2.40. The normalized spacial score (nSPS) is 19.2. The lowest BCUT2D eigenvalue weighted by molar-refractivity contribution is 0.0619. The maximum Gasteiger partial charge on any atom is 0.251 e. The molecule has 33 heavy (non-hydrogen) atoms. The number of aryl methyl sites for hydroxylation is 1. The van der Waals surface area contributed by atoms with Crippen molar-refractivity contribution in [3.63, 3.8) is 0 Å². The Morgan fingerprint density at radius 2 is 1.82 bits per heavy atom. The zero-order chi connectivity index (χ0) is 23.0. The minimum Gasteiger partial charge on any atom is -0.487 e. The molecule has 5 rings (SSSR count). The Morgan fingerprint density at radius 1 is 1.06 bits per heavy atom. The number of hydrogen-bond acceptors (Lipinski definition) is 3. The van der Waals surface area contributed by atoms with Crippen molar-refractivity contribution in [1.82, 2.24) is 10.2 Å². The summed E-state index contributed by atoms with van der Waals surface area (Å²) in [4.78, 5) is 15.5. The minimum absolute atomic E-state index is 0.0392. The van der Waals surface area contributed by atoms with E-state index in [-0.39, 0.29) is 17.6 Å². The number of fused-ring (bicyclic) bond motifs is 2. The van der Waals surface area contributed by atoms with Crippen LogP contribution in [0, 0.1) is 6.92 Å². The zero-order valence-corrected chi connectivity index (χ0v) is 19.7. The highest BCUT2D eigenvalue weighted by molar-refractivity contribution is 5.94. The predicted molar refractivity (Wildman–Crippen MR) is 131 cm³/mol. The van der Waals surface area contributed by atoms with Crippen LogP contribution >= 0.6 is 0 Å². The Bertz CT molecular complexity index is 1170. The number of amides is 1. The van der Waals surface area contributed by atoms with Gasteiger partial charge in [-0.05, 0) is 67.6 Å². The first-order valence-corrected chi connectivity index (χ1v) is 11.8. The van der Waals surface area contributed by atoms with Crippen molar-refractivity contribution in [1.29, 1.82) is 0 Å². The first kappa shape index (κ1) is 21.7. The highest BCUT2D eigenvalue weighted by atomic mass is 16.5. The highest BCUT2D eigenvalue weighted by Gasteiger charge is 2.34. The molecular formula is C29H32N2O2. The molecule has 2 aliphatic heterocycles. The largest absolute Gasteiger partial charge is 0.487 e. The van der Waals surface area contributed by atoms with Gasteiger partial charge in [0.2, 0.25) is 0 Å². The van der Waals surface area contributed by atoms with Crippen LogP contribution in [0.3, 0.4) is 0 Å². The van der Waals surface area contributed by atoms with E-state index in [1.165, 1.54) is 16.7 Å². The van der Waals surface area contributed by atoms with Crippen LogP contribution in [0.1, 0.15) is 64.5 Å². The summed E-state index contributed by atoms with van der Waals surface area (Å²) in [6, 6.07) is 22.9. The van der Waals surface area contributed by atoms with Gasteiger partial charge in [0.05, 0.1) is 6.04 Å². The maximum atomic E-state index is 13.1. The number of nitrogens with one attached hydrogen (secondary N) is 1. The number of carbonyl (C=O) groups is 1. The van der Waals surface area contributed by atoms with Gasteiger partial charge in [-0.3, -0.25) is 9.69 Å². The molecular weight excluding hydrogens is 408 g/mol. The Hall–Kier alpha value is -3.11. The Kier molecular flexibility index (Phi) is 5.71. The van der Waals surface area contributed by atoms with Gasteiger partial charge in [0.15, 0.2) is 0 Å². The van der Waals surface area contributed by atoms with Crippen LogP contribution in [-0.2, 0) is 19.5 Å². The first-order chi connectivity index (χ1) is 15.9. The monoisotopic (exact) mass is 440 g/mol. The lowest BCUT2D eigenvalue weighted by Crippen LogP contribution is -2.41. The fourth-order valence-electron chi connectivity index (χ4n) is 5.04. The number of rotatable bonds is 4. The van der Waals surface area contributed by atoms with E-state index in [0.717, 1.165) is 49.4 Å². The molecule has 3 aromatic rings. The van der Waals surface area contributed by atoms with E-state index >= 15 is 0 Å². The average molecular weight is 441 g/mol. The van der Waals surface area contributed by atoms with Crippen molar-refractivity contribution in [3.05, 3.63) is 100 Å². The molecule has 0 radical (unpaired) electrons. The van der Waals surface area contributed by atoms with Gasteiger partial charge < -0.3 is 10.1 Å². The van der Waals surface area contributed by atoms with Gasteiger partial charge in [-0.2, -0.15) is 0 Å². The number of benzene rings is 3. The van der Waals surface area contributed by atoms with Crippen molar-refractivity contribution in [2.75, 3.05) is 6.54 Å². The van der Waals surface area contributed by atoms with E-state index in [9.17, 15) is 4.79 Å². The molecule has 0 aliphatic carbocycles. The Morgan fingerprint density at radius 3 is 2.61 bits per heavy atom. The second-order valence-electron chi connectivity index (χ2n) is 10.1. The average Bonchev–Trinajstić information content (AvgIpc) is 2.78. The van der Waals surface area contributed by atoms with Crippen LogP contribution in [0.2, 0.25) is 0 Å². The molecule has 0 spiro atoms. The van der Waals surface area contributed by atoms with Crippen LogP contribution in [0.15, 0.2) is 66.7 Å². The van der Waals surface area contributed by atoms with Crippen LogP contribution in [-0.4, -0.2) is 23.0 Å².